The summed E-state index contributed by atoms with van der Waals surface area (Å²) in [5.74, 6) is 3.14. The van der Waals surface area contributed by atoms with E-state index in [0.717, 1.165) is 47.8 Å². The highest BCUT2D eigenvalue weighted by Crippen LogP contribution is 2.23. The Balaban J connectivity index is 2.45. The third-order valence-corrected chi connectivity index (χ3v) is 4.56. The van der Waals surface area contributed by atoms with Crippen LogP contribution in [0.25, 0.3) is 11.2 Å². The van der Waals surface area contributed by atoms with Crippen LogP contribution in [-0.2, 0) is 25.9 Å². The van der Waals surface area contributed by atoms with Gasteiger partial charge in [0.1, 0.15) is 11.3 Å². The fourth-order valence-electron chi connectivity index (χ4n) is 2.63. The van der Waals surface area contributed by atoms with Crippen molar-refractivity contribution in [2.75, 3.05) is 12.0 Å². The molecule has 0 aliphatic heterocycles. The van der Waals surface area contributed by atoms with Gasteiger partial charge in [0, 0.05) is 13.6 Å². The lowest BCUT2D eigenvalue weighted by atomic mass is 10.2. The minimum atomic E-state index is 0.451. The van der Waals surface area contributed by atoms with Gasteiger partial charge in [-0.05, 0) is 24.3 Å². The van der Waals surface area contributed by atoms with Gasteiger partial charge < -0.3 is 4.57 Å². The first-order valence-electron chi connectivity index (χ1n) is 7.08. The Bertz CT molecular complexity index is 575. The van der Waals surface area contributed by atoms with E-state index >= 15 is 0 Å². The first-order valence-corrected chi connectivity index (χ1v) is 9.01. The third kappa shape index (κ3) is 2.98. The summed E-state index contributed by atoms with van der Waals surface area (Å²) < 4.78 is 4.20. The molecule has 2 rings (SSSR count). The van der Waals surface area contributed by atoms with Gasteiger partial charge in [0.15, 0.2) is 5.65 Å². The van der Waals surface area contributed by atoms with Crippen molar-refractivity contribution in [1.29, 1.82) is 0 Å². The molecule has 2 aromatic rings. The number of imidazole rings is 1. The number of hydrogen-bond donors (Lipinski definition) is 0. The van der Waals surface area contributed by atoms with Gasteiger partial charge >= 0.3 is 0 Å². The largest absolute Gasteiger partial charge is 0.312 e. The van der Waals surface area contributed by atoms with Gasteiger partial charge in [-0.15, -0.1) is 11.6 Å². The van der Waals surface area contributed by atoms with E-state index in [0.29, 0.717) is 11.8 Å². The first-order chi connectivity index (χ1) is 9.62. The molecule has 1 unspecified atom stereocenters. The van der Waals surface area contributed by atoms with E-state index in [4.69, 9.17) is 16.6 Å². The molecule has 0 saturated heterocycles. The van der Waals surface area contributed by atoms with Gasteiger partial charge in [-0.25, -0.2) is 4.98 Å². The van der Waals surface area contributed by atoms with Crippen molar-refractivity contribution in [1.82, 2.24) is 19.3 Å². The summed E-state index contributed by atoms with van der Waals surface area (Å²) in [5, 5.41) is 4.61. The number of rotatable bonds is 7. The minimum Gasteiger partial charge on any atom is -0.312 e. The maximum Gasteiger partial charge on any atom is 0.158 e. The van der Waals surface area contributed by atoms with Gasteiger partial charge in [-0.1, -0.05) is 20.3 Å². The first kappa shape index (κ1) is 15.7. The van der Waals surface area contributed by atoms with E-state index in [2.05, 4.69) is 29.8 Å². The second-order valence-corrected chi connectivity index (χ2v) is 6.50. The number of aryl methyl sites for hydroxylation is 2. The Labute approximate surface area is 129 Å². The quantitative estimate of drug-likeness (QED) is 0.734. The molecule has 0 aliphatic carbocycles. The zero-order chi connectivity index (χ0) is 14.7. The number of halogens is 1. The van der Waals surface area contributed by atoms with Crippen molar-refractivity contribution < 1.29 is 0 Å². The molecule has 20 heavy (non-hydrogen) atoms. The number of alkyl halides is 1. The zero-order valence-electron chi connectivity index (χ0n) is 12.7. The Morgan fingerprint density at radius 2 is 2.15 bits per heavy atom. The fraction of sp³-hybridized carbons (Fsp3) is 0.714. The van der Waals surface area contributed by atoms with E-state index in [1.807, 2.05) is 23.5 Å². The summed E-state index contributed by atoms with van der Waals surface area (Å²) in [6, 6.07) is 0. The van der Waals surface area contributed by atoms with Crippen LogP contribution in [0.1, 0.15) is 31.8 Å². The number of hydrogen-bond acceptors (Lipinski definition) is 3. The van der Waals surface area contributed by atoms with Gasteiger partial charge in [0.05, 0.1) is 11.6 Å². The highest BCUT2D eigenvalue weighted by atomic mass is 35.5. The fourth-order valence-corrected chi connectivity index (χ4v) is 3.51. The van der Waals surface area contributed by atoms with Crippen molar-refractivity contribution >= 4 is 34.5 Å². The molecule has 0 N–H and O–H groups in total. The molecular formula is C14H23ClN4S. The summed E-state index contributed by atoms with van der Waals surface area (Å²) in [5.41, 5.74) is 3.23. The molecule has 0 aliphatic rings. The second kappa shape index (κ2) is 6.85. The lowest BCUT2D eigenvalue weighted by Crippen LogP contribution is -2.14. The molecule has 0 radical (unpaired) electrons. The predicted molar refractivity (Wildman–Crippen MR) is 87.6 cm³/mol. The van der Waals surface area contributed by atoms with Gasteiger partial charge in [0.2, 0.25) is 0 Å². The number of nitrogens with zero attached hydrogens (tertiary/aromatic N) is 4. The van der Waals surface area contributed by atoms with Crippen LogP contribution in [0.4, 0.5) is 0 Å². The minimum absolute atomic E-state index is 0.451. The molecule has 0 aromatic carbocycles. The Hall–Kier alpha value is -0.680. The van der Waals surface area contributed by atoms with E-state index in [1.165, 1.54) is 0 Å². The number of fused-ring (bicyclic) bond motifs is 1. The molecular weight excluding hydrogens is 292 g/mol. The lowest BCUT2D eigenvalue weighted by Gasteiger charge is -2.13. The average molecular weight is 315 g/mol. The highest BCUT2D eigenvalue weighted by Gasteiger charge is 2.19. The van der Waals surface area contributed by atoms with Gasteiger partial charge in [-0.3, -0.25) is 4.68 Å². The second-order valence-electron chi connectivity index (χ2n) is 5.33. The molecule has 4 nitrogen and oxygen atoms in total. The Morgan fingerprint density at radius 1 is 1.40 bits per heavy atom. The van der Waals surface area contributed by atoms with Crippen molar-refractivity contribution in [2.45, 2.75) is 39.1 Å². The van der Waals surface area contributed by atoms with E-state index in [1.54, 1.807) is 0 Å². The zero-order valence-corrected chi connectivity index (χ0v) is 14.3. The predicted octanol–water partition coefficient (Wildman–Crippen LogP) is 3.46. The van der Waals surface area contributed by atoms with Crippen LogP contribution >= 0.6 is 23.4 Å². The van der Waals surface area contributed by atoms with Crippen LogP contribution in [0.15, 0.2) is 0 Å². The SMILES string of the molecule is CCCc1nn(C)c2c1nc(CCl)n2CC(C)CSC. The molecule has 0 bridgehead atoms. The summed E-state index contributed by atoms with van der Waals surface area (Å²) in [4.78, 5) is 4.72. The summed E-state index contributed by atoms with van der Waals surface area (Å²) >= 11 is 7.96. The van der Waals surface area contributed by atoms with Crippen molar-refractivity contribution in [3.8, 4) is 0 Å². The third-order valence-electron chi connectivity index (χ3n) is 3.42. The van der Waals surface area contributed by atoms with Crippen LogP contribution in [-0.4, -0.2) is 31.3 Å². The summed E-state index contributed by atoms with van der Waals surface area (Å²) in [6.07, 6.45) is 4.19. The van der Waals surface area contributed by atoms with E-state index in [9.17, 15) is 0 Å². The van der Waals surface area contributed by atoms with Crippen LogP contribution in [0.5, 0.6) is 0 Å². The number of thioether (sulfide) groups is 1. The van der Waals surface area contributed by atoms with Gasteiger partial charge in [0.25, 0.3) is 0 Å². The van der Waals surface area contributed by atoms with Crippen molar-refractivity contribution in [3.05, 3.63) is 11.5 Å². The topological polar surface area (TPSA) is 35.6 Å². The van der Waals surface area contributed by atoms with E-state index < -0.39 is 0 Å². The maximum atomic E-state index is 6.08. The average Bonchev–Trinajstić information content (AvgIpc) is 2.90. The Morgan fingerprint density at radius 3 is 2.75 bits per heavy atom. The van der Waals surface area contributed by atoms with Crippen molar-refractivity contribution in [3.63, 3.8) is 0 Å². The molecule has 112 valence electrons. The molecule has 1 atom stereocenters. The van der Waals surface area contributed by atoms with Crippen molar-refractivity contribution in [2.24, 2.45) is 13.0 Å². The maximum absolute atomic E-state index is 6.08. The van der Waals surface area contributed by atoms with Crippen LogP contribution in [0.3, 0.4) is 0 Å². The van der Waals surface area contributed by atoms with Crippen LogP contribution in [0.2, 0.25) is 0 Å². The highest BCUT2D eigenvalue weighted by molar-refractivity contribution is 7.98. The summed E-state index contributed by atoms with van der Waals surface area (Å²) in [6.45, 7) is 5.38. The van der Waals surface area contributed by atoms with E-state index in [-0.39, 0.29) is 0 Å². The van der Waals surface area contributed by atoms with Crippen LogP contribution in [0, 0.1) is 5.92 Å². The smallest absolute Gasteiger partial charge is 0.158 e. The Kier molecular flexibility index (Phi) is 5.38. The molecule has 0 amide bonds. The normalized spacial score (nSPS) is 13.2. The molecule has 2 aromatic heterocycles. The van der Waals surface area contributed by atoms with Crippen LogP contribution < -0.4 is 0 Å². The monoisotopic (exact) mass is 314 g/mol. The lowest BCUT2D eigenvalue weighted by molar-refractivity contribution is 0.520. The molecule has 0 saturated carbocycles. The molecule has 0 spiro atoms. The molecule has 6 heteroatoms. The van der Waals surface area contributed by atoms with Gasteiger partial charge in [-0.2, -0.15) is 16.9 Å². The standard InChI is InChI=1S/C14H23ClN4S/c1-5-6-11-13-14(18(3)17-11)19(12(7-15)16-13)8-10(2)9-20-4/h10H,5-9H2,1-4H3. The molecule has 0 fully saturated rings. The number of aromatic nitrogens is 4. The summed E-state index contributed by atoms with van der Waals surface area (Å²) in [7, 11) is 2.00. The molecule has 2 heterocycles.